The highest BCUT2D eigenvalue weighted by atomic mass is 32.2. The molecule has 2 rings (SSSR count). The number of aromatic hydroxyl groups is 1. The van der Waals surface area contributed by atoms with E-state index in [1.165, 1.54) is 30.9 Å². The Labute approximate surface area is 166 Å². The van der Waals surface area contributed by atoms with Crippen LogP contribution in [0.15, 0.2) is 17.0 Å². The molecule has 1 aliphatic rings. The van der Waals surface area contributed by atoms with Gasteiger partial charge in [-0.3, -0.25) is 14.5 Å². The number of aliphatic carboxylic acids is 1. The number of hydrogen-bond acceptors (Lipinski definition) is 7. The minimum atomic E-state index is -0.816. The molecular weight excluding hydrogens is 390 g/mol. The first kappa shape index (κ1) is 21.0. The largest absolute Gasteiger partial charge is 0.502 e. The van der Waals surface area contributed by atoms with E-state index >= 15 is 0 Å². The summed E-state index contributed by atoms with van der Waals surface area (Å²) in [5.41, 5.74) is 0.642. The minimum Gasteiger partial charge on any atom is -0.502 e. The van der Waals surface area contributed by atoms with E-state index in [2.05, 4.69) is 0 Å². The molecule has 0 radical (unpaired) electrons. The standard InChI is InChI=1S/C18H21NO6S2/c1-24-12-8-11(9-13(25-2)16(12)22)10-14-17(23)19(18(26)27-14)7-5-3-4-6-15(20)21/h8-10,22H,3-7H2,1-2H3,(H,20,21). The fourth-order valence-electron chi connectivity index (χ4n) is 2.56. The molecule has 1 aromatic rings. The summed E-state index contributed by atoms with van der Waals surface area (Å²) in [7, 11) is 2.87. The molecule has 0 bridgehead atoms. The van der Waals surface area contributed by atoms with Crippen molar-refractivity contribution < 1.29 is 29.3 Å². The number of amides is 1. The van der Waals surface area contributed by atoms with Gasteiger partial charge < -0.3 is 19.7 Å². The molecule has 1 aromatic carbocycles. The van der Waals surface area contributed by atoms with Gasteiger partial charge >= 0.3 is 5.97 Å². The number of carboxylic acids is 1. The molecule has 0 aromatic heterocycles. The number of nitrogens with zero attached hydrogens (tertiary/aromatic N) is 1. The molecule has 7 nitrogen and oxygen atoms in total. The number of thioether (sulfide) groups is 1. The Morgan fingerprint density at radius 2 is 1.85 bits per heavy atom. The number of methoxy groups -OCH3 is 2. The van der Waals surface area contributed by atoms with Crippen molar-refractivity contribution >= 4 is 46.3 Å². The predicted octanol–water partition coefficient (Wildman–Crippen LogP) is 3.26. The van der Waals surface area contributed by atoms with Crippen molar-refractivity contribution in [2.24, 2.45) is 0 Å². The van der Waals surface area contributed by atoms with Gasteiger partial charge in [0.2, 0.25) is 5.75 Å². The first-order valence-electron chi connectivity index (χ1n) is 8.29. The van der Waals surface area contributed by atoms with E-state index in [9.17, 15) is 14.7 Å². The Balaban J connectivity index is 2.08. The van der Waals surface area contributed by atoms with Gasteiger partial charge in [-0.05, 0) is 36.6 Å². The first-order valence-corrected chi connectivity index (χ1v) is 9.52. The Morgan fingerprint density at radius 1 is 1.22 bits per heavy atom. The van der Waals surface area contributed by atoms with Gasteiger partial charge in [0, 0.05) is 13.0 Å². The smallest absolute Gasteiger partial charge is 0.303 e. The van der Waals surface area contributed by atoms with E-state index in [0.29, 0.717) is 34.2 Å². The average molecular weight is 412 g/mol. The quantitative estimate of drug-likeness (QED) is 0.363. The molecule has 1 saturated heterocycles. The normalized spacial score (nSPS) is 15.5. The van der Waals surface area contributed by atoms with Crippen LogP contribution in [-0.4, -0.2) is 52.1 Å². The van der Waals surface area contributed by atoms with E-state index in [-0.39, 0.29) is 29.6 Å². The number of thiocarbonyl (C=S) groups is 1. The maximum atomic E-state index is 12.6. The zero-order chi connectivity index (χ0) is 20.0. The topological polar surface area (TPSA) is 96.3 Å². The Hall–Kier alpha value is -2.26. The molecule has 0 atom stereocenters. The van der Waals surface area contributed by atoms with Crippen LogP contribution in [0.1, 0.15) is 31.2 Å². The van der Waals surface area contributed by atoms with Gasteiger partial charge in [0.1, 0.15) is 4.32 Å². The molecule has 0 spiro atoms. The monoisotopic (exact) mass is 411 g/mol. The van der Waals surface area contributed by atoms with E-state index in [1.54, 1.807) is 18.2 Å². The summed E-state index contributed by atoms with van der Waals surface area (Å²) in [5, 5.41) is 18.6. The molecular formula is C18H21NO6S2. The van der Waals surface area contributed by atoms with Crippen molar-refractivity contribution in [2.75, 3.05) is 20.8 Å². The Kier molecular flexibility index (Phi) is 7.49. The molecule has 2 N–H and O–H groups in total. The summed E-state index contributed by atoms with van der Waals surface area (Å²) in [6, 6.07) is 3.21. The van der Waals surface area contributed by atoms with Gasteiger partial charge in [0.15, 0.2) is 11.5 Å². The lowest BCUT2D eigenvalue weighted by Gasteiger charge is -2.13. The van der Waals surface area contributed by atoms with Crippen LogP contribution in [0.2, 0.25) is 0 Å². The maximum absolute atomic E-state index is 12.6. The highest BCUT2D eigenvalue weighted by Crippen LogP contribution is 2.39. The number of carbonyl (C=O) groups is 2. The number of carbonyl (C=O) groups excluding carboxylic acids is 1. The number of phenols is 1. The van der Waals surface area contributed by atoms with Crippen LogP contribution in [0.3, 0.4) is 0 Å². The minimum absolute atomic E-state index is 0.106. The third kappa shape index (κ3) is 5.36. The predicted molar refractivity (Wildman–Crippen MR) is 107 cm³/mol. The summed E-state index contributed by atoms with van der Waals surface area (Å²) < 4.78 is 10.7. The fraction of sp³-hybridized carbons (Fsp3) is 0.389. The van der Waals surface area contributed by atoms with Gasteiger partial charge in [-0.25, -0.2) is 0 Å². The molecule has 0 aliphatic carbocycles. The fourth-order valence-corrected chi connectivity index (χ4v) is 3.87. The van der Waals surface area contributed by atoms with Crippen LogP contribution in [0, 0.1) is 0 Å². The molecule has 1 fully saturated rings. The van der Waals surface area contributed by atoms with Gasteiger partial charge in [-0.1, -0.05) is 30.4 Å². The summed E-state index contributed by atoms with van der Waals surface area (Å²) in [5.74, 6) is -0.618. The summed E-state index contributed by atoms with van der Waals surface area (Å²) in [6.45, 7) is 0.462. The second-order valence-corrected chi connectivity index (χ2v) is 7.49. The maximum Gasteiger partial charge on any atom is 0.303 e. The van der Waals surface area contributed by atoms with Crippen LogP contribution in [0.25, 0.3) is 6.08 Å². The molecule has 0 unspecified atom stereocenters. The molecule has 27 heavy (non-hydrogen) atoms. The van der Waals surface area contributed by atoms with E-state index in [1.807, 2.05) is 0 Å². The van der Waals surface area contributed by atoms with Crippen LogP contribution < -0.4 is 9.47 Å². The van der Waals surface area contributed by atoms with Crippen molar-refractivity contribution in [3.63, 3.8) is 0 Å². The number of ether oxygens (including phenoxy) is 2. The van der Waals surface area contributed by atoms with E-state index in [0.717, 1.165) is 6.42 Å². The second-order valence-electron chi connectivity index (χ2n) is 5.81. The van der Waals surface area contributed by atoms with Gasteiger partial charge in [0.25, 0.3) is 5.91 Å². The summed E-state index contributed by atoms with van der Waals surface area (Å²) in [6.07, 6.45) is 3.78. The second kappa shape index (κ2) is 9.61. The van der Waals surface area contributed by atoms with Crippen molar-refractivity contribution in [3.8, 4) is 17.2 Å². The summed E-state index contributed by atoms with van der Waals surface area (Å²) >= 11 is 6.50. The van der Waals surface area contributed by atoms with Gasteiger partial charge in [0.05, 0.1) is 19.1 Å². The van der Waals surface area contributed by atoms with Crippen molar-refractivity contribution in [3.05, 3.63) is 22.6 Å². The van der Waals surface area contributed by atoms with Crippen molar-refractivity contribution in [1.82, 2.24) is 4.90 Å². The molecule has 9 heteroatoms. The number of hydrogen-bond donors (Lipinski definition) is 2. The lowest BCUT2D eigenvalue weighted by atomic mass is 10.1. The molecule has 146 valence electrons. The zero-order valence-corrected chi connectivity index (χ0v) is 16.7. The van der Waals surface area contributed by atoms with Crippen molar-refractivity contribution in [2.45, 2.75) is 25.7 Å². The van der Waals surface area contributed by atoms with E-state index in [4.69, 9.17) is 26.8 Å². The van der Waals surface area contributed by atoms with Crippen molar-refractivity contribution in [1.29, 1.82) is 0 Å². The highest BCUT2D eigenvalue weighted by molar-refractivity contribution is 8.26. The lowest BCUT2D eigenvalue weighted by molar-refractivity contribution is -0.137. The van der Waals surface area contributed by atoms with Gasteiger partial charge in [-0.2, -0.15) is 0 Å². The molecule has 0 saturated carbocycles. The van der Waals surface area contributed by atoms with Crippen LogP contribution in [0.5, 0.6) is 17.2 Å². The number of benzene rings is 1. The molecule has 1 amide bonds. The third-order valence-electron chi connectivity index (χ3n) is 3.95. The van der Waals surface area contributed by atoms with Crippen LogP contribution >= 0.6 is 24.0 Å². The van der Waals surface area contributed by atoms with Gasteiger partial charge in [-0.15, -0.1) is 0 Å². The molecule has 1 aliphatic heterocycles. The highest BCUT2D eigenvalue weighted by Gasteiger charge is 2.31. The third-order valence-corrected chi connectivity index (χ3v) is 5.32. The number of unbranched alkanes of at least 4 members (excludes halogenated alkanes) is 2. The Morgan fingerprint density at radius 3 is 2.41 bits per heavy atom. The Bertz CT molecular complexity index is 752. The first-order chi connectivity index (χ1) is 12.9. The van der Waals surface area contributed by atoms with E-state index < -0.39 is 5.97 Å². The zero-order valence-electron chi connectivity index (χ0n) is 15.1. The van der Waals surface area contributed by atoms with Crippen LogP contribution in [0.4, 0.5) is 0 Å². The number of rotatable bonds is 9. The van der Waals surface area contributed by atoms with Crippen LogP contribution in [-0.2, 0) is 9.59 Å². The number of carboxylic acid groups (broad SMARTS) is 1. The molecule has 1 heterocycles. The average Bonchev–Trinajstić information content (AvgIpc) is 2.89. The lowest BCUT2D eigenvalue weighted by Crippen LogP contribution is -2.29. The summed E-state index contributed by atoms with van der Waals surface area (Å²) in [4.78, 5) is 25.1. The SMILES string of the molecule is COc1cc(C=C2SC(=S)N(CCCCCC(=O)O)C2=O)cc(OC)c1O. The number of phenolic OH excluding ortho intramolecular Hbond substituents is 1.